The summed E-state index contributed by atoms with van der Waals surface area (Å²) < 4.78 is 0. The summed E-state index contributed by atoms with van der Waals surface area (Å²) in [6, 6.07) is -0.908. The molecule has 0 unspecified atom stereocenters. The molecule has 1 atom stereocenters. The van der Waals surface area contributed by atoms with Crippen LogP contribution in [0, 0.1) is 0 Å². The van der Waals surface area contributed by atoms with Gasteiger partial charge in [0.15, 0.2) is 0 Å². The molecule has 0 saturated carbocycles. The van der Waals surface area contributed by atoms with E-state index < -0.39 is 12.0 Å². The second-order valence-electron chi connectivity index (χ2n) is 2.96. The molecule has 80 valence electrons. The molecule has 5 nitrogen and oxygen atoms in total. The first-order chi connectivity index (χ1) is 6.54. The fourth-order valence-corrected chi connectivity index (χ4v) is 0.790. The maximum Gasteiger partial charge on any atom is 0.324 e. The number of carbonyl (C=O) groups is 1. The van der Waals surface area contributed by atoms with Crippen LogP contribution in [0.3, 0.4) is 0 Å². The molecule has 0 bridgehead atoms. The molecular formula is C9H17N3O2. The summed E-state index contributed by atoms with van der Waals surface area (Å²) in [6.45, 7) is 2.39. The summed E-state index contributed by atoms with van der Waals surface area (Å²) in [5.41, 5.74) is 10.6. The standard InChI is InChI=1S/C9H17N3O2/c1-7(10)12-6-4-2-3-5-8(11)9(13)14/h3,5,8H,2,4,6,11H2,1H3,(H2,10,12)(H,13,14)/t8-/m1/s1. The Hall–Kier alpha value is -1.36. The topological polar surface area (TPSA) is 102 Å². The molecule has 0 fully saturated rings. The van der Waals surface area contributed by atoms with Gasteiger partial charge in [-0.15, -0.1) is 0 Å². The lowest BCUT2D eigenvalue weighted by molar-refractivity contribution is -0.137. The van der Waals surface area contributed by atoms with Crippen molar-refractivity contribution < 1.29 is 9.90 Å². The zero-order valence-electron chi connectivity index (χ0n) is 8.31. The van der Waals surface area contributed by atoms with Crippen LogP contribution in [-0.4, -0.2) is 29.5 Å². The van der Waals surface area contributed by atoms with E-state index in [1.54, 1.807) is 13.0 Å². The summed E-state index contributed by atoms with van der Waals surface area (Å²) in [5, 5.41) is 8.44. The molecule has 0 aliphatic rings. The van der Waals surface area contributed by atoms with Gasteiger partial charge in [0.2, 0.25) is 0 Å². The number of hydrogen-bond donors (Lipinski definition) is 3. The van der Waals surface area contributed by atoms with Crippen molar-refractivity contribution in [2.75, 3.05) is 6.54 Å². The molecule has 5 heteroatoms. The lowest BCUT2D eigenvalue weighted by atomic mass is 10.2. The van der Waals surface area contributed by atoms with Gasteiger partial charge in [0.05, 0.1) is 5.84 Å². The van der Waals surface area contributed by atoms with Crippen molar-refractivity contribution in [1.29, 1.82) is 0 Å². The molecule has 0 aliphatic heterocycles. The molecule has 0 heterocycles. The van der Waals surface area contributed by atoms with Gasteiger partial charge in [-0.3, -0.25) is 9.79 Å². The van der Waals surface area contributed by atoms with E-state index >= 15 is 0 Å². The first-order valence-electron chi connectivity index (χ1n) is 4.45. The normalized spacial score (nSPS) is 14.6. The number of allylic oxidation sites excluding steroid dienone is 1. The summed E-state index contributed by atoms with van der Waals surface area (Å²) in [5.74, 6) is -0.451. The molecule has 0 radical (unpaired) electrons. The third kappa shape index (κ3) is 7.30. The summed E-state index contributed by atoms with van der Waals surface area (Å²) >= 11 is 0. The van der Waals surface area contributed by atoms with Crippen molar-refractivity contribution in [1.82, 2.24) is 0 Å². The Morgan fingerprint density at radius 3 is 2.79 bits per heavy atom. The summed E-state index contributed by atoms with van der Waals surface area (Å²) in [4.78, 5) is 14.3. The average Bonchev–Trinajstić information content (AvgIpc) is 2.09. The Balaban J connectivity index is 3.54. The maximum atomic E-state index is 10.3. The number of rotatable bonds is 6. The Bertz CT molecular complexity index is 232. The van der Waals surface area contributed by atoms with Gasteiger partial charge < -0.3 is 16.6 Å². The van der Waals surface area contributed by atoms with Gasteiger partial charge >= 0.3 is 5.97 Å². The minimum absolute atomic E-state index is 0.566. The van der Waals surface area contributed by atoms with Gasteiger partial charge in [0, 0.05) is 6.54 Å². The Labute approximate surface area is 83.5 Å². The van der Waals surface area contributed by atoms with E-state index in [9.17, 15) is 4.79 Å². The minimum atomic E-state index is -1.02. The zero-order valence-corrected chi connectivity index (χ0v) is 8.31. The van der Waals surface area contributed by atoms with Crippen LogP contribution in [0.5, 0.6) is 0 Å². The van der Waals surface area contributed by atoms with Crippen LogP contribution in [0.1, 0.15) is 19.8 Å². The smallest absolute Gasteiger partial charge is 0.324 e. The number of carboxylic acids is 1. The Morgan fingerprint density at radius 1 is 1.64 bits per heavy atom. The predicted molar refractivity (Wildman–Crippen MR) is 56.1 cm³/mol. The minimum Gasteiger partial charge on any atom is -0.480 e. The number of aliphatic carboxylic acids is 1. The van der Waals surface area contributed by atoms with Crippen molar-refractivity contribution >= 4 is 11.8 Å². The highest BCUT2D eigenvalue weighted by Gasteiger charge is 2.04. The molecule has 5 N–H and O–H groups in total. The highest BCUT2D eigenvalue weighted by atomic mass is 16.4. The first kappa shape index (κ1) is 12.6. The molecule has 0 aliphatic carbocycles. The number of aliphatic imine (C=N–C) groups is 1. The SMILES string of the molecule is CC(N)=NCCCC=C[C@@H](N)C(=O)O. The third-order valence-electron chi connectivity index (χ3n) is 1.52. The lowest BCUT2D eigenvalue weighted by Gasteiger charge is -1.97. The second-order valence-corrected chi connectivity index (χ2v) is 2.96. The van der Waals surface area contributed by atoms with Gasteiger partial charge in [0.1, 0.15) is 6.04 Å². The quantitative estimate of drug-likeness (QED) is 0.244. The molecular weight excluding hydrogens is 182 g/mol. The number of unbranched alkanes of at least 4 members (excludes halogenated alkanes) is 1. The molecule has 0 saturated heterocycles. The summed E-state index contributed by atoms with van der Waals surface area (Å²) in [7, 11) is 0. The van der Waals surface area contributed by atoms with Crippen LogP contribution in [-0.2, 0) is 4.79 Å². The van der Waals surface area contributed by atoms with E-state index in [4.69, 9.17) is 16.6 Å². The van der Waals surface area contributed by atoms with Crippen molar-refractivity contribution in [3.63, 3.8) is 0 Å². The van der Waals surface area contributed by atoms with Crippen LogP contribution >= 0.6 is 0 Å². The van der Waals surface area contributed by atoms with Crippen molar-refractivity contribution in [2.24, 2.45) is 16.5 Å². The van der Waals surface area contributed by atoms with Crippen LogP contribution in [0.15, 0.2) is 17.1 Å². The number of nitrogens with two attached hydrogens (primary N) is 2. The molecule has 0 aromatic rings. The van der Waals surface area contributed by atoms with Crippen molar-refractivity contribution in [3.05, 3.63) is 12.2 Å². The van der Waals surface area contributed by atoms with E-state index in [2.05, 4.69) is 4.99 Å². The van der Waals surface area contributed by atoms with Crippen LogP contribution < -0.4 is 11.5 Å². The first-order valence-corrected chi connectivity index (χ1v) is 4.45. The lowest BCUT2D eigenvalue weighted by Crippen LogP contribution is -2.27. The van der Waals surface area contributed by atoms with E-state index in [1.165, 1.54) is 6.08 Å². The maximum absolute atomic E-state index is 10.3. The Morgan fingerprint density at radius 2 is 2.29 bits per heavy atom. The second kappa shape index (κ2) is 7.08. The molecule has 0 aromatic heterocycles. The molecule has 14 heavy (non-hydrogen) atoms. The number of carboxylic acid groups (broad SMARTS) is 1. The van der Waals surface area contributed by atoms with Crippen LogP contribution in [0.2, 0.25) is 0 Å². The van der Waals surface area contributed by atoms with Crippen LogP contribution in [0.4, 0.5) is 0 Å². The third-order valence-corrected chi connectivity index (χ3v) is 1.52. The van der Waals surface area contributed by atoms with E-state index in [0.29, 0.717) is 12.4 Å². The van der Waals surface area contributed by atoms with E-state index in [-0.39, 0.29) is 0 Å². The van der Waals surface area contributed by atoms with Crippen LogP contribution in [0.25, 0.3) is 0 Å². The van der Waals surface area contributed by atoms with Gasteiger partial charge in [-0.05, 0) is 19.8 Å². The number of hydrogen-bond acceptors (Lipinski definition) is 3. The summed E-state index contributed by atoms with van der Waals surface area (Å²) in [6.07, 6.45) is 4.83. The van der Waals surface area contributed by atoms with Gasteiger partial charge in [0.25, 0.3) is 0 Å². The van der Waals surface area contributed by atoms with Crippen molar-refractivity contribution in [2.45, 2.75) is 25.8 Å². The molecule has 0 spiro atoms. The number of nitrogens with zero attached hydrogens (tertiary/aromatic N) is 1. The van der Waals surface area contributed by atoms with Crippen molar-refractivity contribution in [3.8, 4) is 0 Å². The molecule has 0 aromatic carbocycles. The monoisotopic (exact) mass is 199 g/mol. The van der Waals surface area contributed by atoms with Gasteiger partial charge in [-0.1, -0.05) is 12.2 Å². The fourth-order valence-electron chi connectivity index (χ4n) is 0.790. The van der Waals surface area contributed by atoms with Gasteiger partial charge in [-0.2, -0.15) is 0 Å². The average molecular weight is 199 g/mol. The van der Waals surface area contributed by atoms with Gasteiger partial charge in [-0.25, -0.2) is 0 Å². The highest BCUT2D eigenvalue weighted by molar-refractivity contribution is 5.77. The largest absolute Gasteiger partial charge is 0.480 e. The Kier molecular flexibility index (Phi) is 6.39. The molecule has 0 rings (SSSR count). The van der Waals surface area contributed by atoms with E-state index in [1.807, 2.05) is 0 Å². The zero-order chi connectivity index (χ0) is 11.0. The highest BCUT2D eigenvalue weighted by Crippen LogP contribution is 1.93. The molecule has 0 amide bonds. The fraction of sp³-hybridized carbons (Fsp3) is 0.556. The number of amidine groups is 1. The van der Waals surface area contributed by atoms with E-state index in [0.717, 1.165) is 12.8 Å². The predicted octanol–water partition coefficient (Wildman–Crippen LogP) is 0.112.